The second-order valence-corrected chi connectivity index (χ2v) is 12.9. The predicted octanol–water partition coefficient (Wildman–Crippen LogP) is 4.61. The summed E-state index contributed by atoms with van der Waals surface area (Å²) >= 11 is 0. The number of nitro groups is 1. The molecule has 1 fully saturated rings. The Morgan fingerprint density at radius 3 is 2.32 bits per heavy atom. The number of piperazine rings is 1. The number of amides is 2. The van der Waals surface area contributed by atoms with E-state index in [1.165, 1.54) is 17.0 Å². The summed E-state index contributed by atoms with van der Waals surface area (Å²) in [6, 6.07) is 17.1. The number of imide groups is 1. The molecule has 0 unspecified atom stereocenters. The summed E-state index contributed by atoms with van der Waals surface area (Å²) in [6.07, 6.45) is 3.31. The standard InChI is InChI=1S/C37H35N7O6/c1-50-23-7-11-30-27(21-23)35(45)33-28(9-10-29-34(33)43(30)22-39-29)38-13-3-14-40-17-19-41(20-18-40)15-4-16-42-36(46)25-6-2-5-24-31(44(48)49)12-8-26(32(24)25)37(42)47/h2,5-12,21-22,38H,3-4,13-20H2,1H3. The van der Waals surface area contributed by atoms with Crippen molar-refractivity contribution in [2.24, 2.45) is 0 Å². The van der Waals surface area contributed by atoms with Gasteiger partial charge in [-0.2, -0.15) is 0 Å². The number of hydrogen-bond acceptors (Lipinski definition) is 10. The molecule has 50 heavy (non-hydrogen) atoms. The Kier molecular flexibility index (Phi) is 8.00. The van der Waals surface area contributed by atoms with E-state index in [-0.39, 0.29) is 17.7 Å². The van der Waals surface area contributed by atoms with Gasteiger partial charge >= 0.3 is 0 Å². The minimum atomic E-state index is -0.490. The normalized spacial score (nSPS) is 15.6. The first kappa shape index (κ1) is 31.6. The molecule has 1 saturated heterocycles. The Hall–Kier alpha value is -5.66. The monoisotopic (exact) mass is 673 g/mol. The molecule has 2 aromatic heterocycles. The van der Waals surface area contributed by atoms with Crippen LogP contribution in [-0.2, 0) is 0 Å². The lowest BCUT2D eigenvalue weighted by atomic mass is 9.93. The number of rotatable bonds is 11. The summed E-state index contributed by atoms with van der Waals surface area (Å²) in [4.78, 5) is 61.9. The van der Waals surface area contributed by atoms with Gasteiger partial charge in [0, 0.05) is 67.5 Å². The molecule has 2 aliphatic heterocycles. The maximum absolute atomic E-state index is 13.7. The number of anilines is 1. The van der Waals surface area contributed by atoms with Crippen molar-refractivity contribution in [3.63, 3.8) is 0 Å². The van der Waals surface area contributed by atoms with Crippen molar-refractivity contribution in [1.82, 2.24) is 24.1 Å². The summed E-state index contributed by atoms with van der Waals surface area (Å²) in [7, 11) is 1.59. The number of ether oxygens (including phenoxy) is 1. The SMILES string of the molecule is COc1ccc2c(c1)c(=O)c1c(NCCCN3CCN(CCCN4C(=O)c5cccc6c([N+](=O)[O-])ccc(c56)C4=O)CC3)ccc3ncn2c31. The fraction of sp³-hybridized carbons (Fsp3) is 0.297. The molecular weight excluding hydrogens is 638 g/mol. The highest BCUT2D eigenvalue weighted by Crippen LogP contribution is 2.35. The van der Waals surface area contributed by atoms with Crippen molar-refractivity contribution < 1.29 is 19.2 Å². The number of aromatic nitrogens is 2. The molecular formula is C37H35N7O6. The van der Waals surface area contributed by atoms with Crippen LogP contribution in [0.5, 0.6) is 5.75 Å². The van der Waals surface area contributed by atoms with Gasteiger partial charge in [-0.1, -0.05) is 6.07 Å². The second-order valence-electron chi connectivity index (χ2n) is 12.9. The van der Waals surface area contributed by atoms with Crippen LogP contribution < -0.4 is 15.5 Å². The largest absolute Gasteiger partial charge is 0.497 e. The third-order valence-electron chi connectivity index (χ3n) is 10.1. The smallest absolute Gasteiger partial charge is 0.277 e. The molecule has 254 valence electrons. The summed E-state index contributed by atoms with van der Waals surface area (Å²) < 4.78 is 7.36. The maximum atomic E-state index is 13.7. The minimum absolute atomic E-state index is 0.0430. The second kappa shape index (κ2) is 12.7. The van der Waals surface area contributed by atoms with Gasteiger partial charge in [-0.05, 0) is 74.5 Å². The first-order chi connectivity index (χ1) is 24.3. The number of hydrogen-bond donors (Lipinski definition) is 1. The van der Waals surface area contributed by atoms with Crippen LogP contribution in [0.4, 0.5) is 11.4 Å². The molecule has 13 nitrogen and oxygen atoms in total. The highest BCUT2D eigenvalue weighted by atomic mass is 16.6. The molecule has 6 aromatic rings. The molecule has 4 aromatic carbocycles. The van der Waals surface area contributed by atoms with Crippen LogP contribution in [0.25, 0.3) is 38.1 Å². The summed E-state index contributed by atoms with van der Waals surface area (Å²) in [5, 5.41) is 16.9. The Balaban J connectivity index is 0.836. The van der Waals surface area contributed by atoms with Gasteiger partial charge in [0.15, 0.2) is 5.43 Å². The topological polar surface area (TPSA) is 143 Å². The molecule has 2 aliphatic rings. The number of carbonyl (C=O) groups excluding carboxylic acids is 2. The van der Waals surface area contributed by atoms with Gasteiger partial charge in [0.2, 0.25) is 0 Å². The Labute approximate surface area is 286 Å². The zero-order chi connectivity index (χ0) is 34.5. The molecule has 0 radical (unpaired) electrons. The van der Waals surface area contributed by atoms with E-state index >= 15 is 0 Å². The number of methoxy groups -OCH3 is 1. The Morgan fingerprint density at radius 2 is 1.58 bits per heavy atom. The molecule has 0 bridgehead atoms. The fourth-order valence-corrected chi connectivity index (χ4v) is 7.54. The Bertz CT molecular complexity index is 2360. The summed E-state index contributed by atoms with van der Waals surface area (Å²) in [5.41, 5.74) is 3.69. The van der Waals surface area contributed by atoms with Gasteiger partial charge in [0.1, 0.15) is 12.1 Å². The third kappa shape index (κ3) is 5.26. The summed E-state index contributed by atoms with van der Waals surface area (Å²) in [5.74, 6) is -0.178. The molecule has 0 atom stereocenters. The molecule has 0 saturated carbocycles. The number of nitro benzene ring substituents is 1. The number of non-ortho nitro benzene ring substituents is 1. The molecule has 13 heteroatoms. The number of nitrogens with one attached hydrogen (secondary N) is 1. The van der Waals surface area contributed by atoms with Crippen LogP contribution in [0.1, 0.15) is 33.6 Å². The first-order valence-corrected chi connectivity index (χ1v) is 16.8. The molecule has 0 spiro atoms. The number of pyridine rings is 1. The molecule has 4 heterocycles. The van der Waals surface area contributed by atoms with Gasteiger partial charge < -0.3 is 19.9 Å². The lowest BCUT2D eigenvalue weighted by Crippen LogP contribution is -2.48. The van der Waals surface area contributed by atoms with Gasteiger partial charge in [0.05, 0.1) is 44.7 Å². The lowest BCUT2D eigenvalue weighted by Gasteiger charge is -2.35. The first-order valence-electron chi connectivity index (χ1n) is 16.8. The van der Waals surface area contributed by atoms with Crippen molar-refractivity contribution in [2.75, 3.05) is 64.8 Å². The highest BCUT2D eigenvalue weighted by Gasteiger charge is 2.34. The van der Waals surface area contributed by atoms with E-state index in [1.807, 2.05) is 28.7 Å². The van der Waals surface area contributed by atoms with Crippen LogP contribution in [0.15, 0.2) is 71.8 Å². The quantitative estimate of drug-likeness (QED) is 0.0681. The zero-order valence-electron chi connectivity index (χ0n) is 27.6. The average Bonchev–Trinajstić information content (AvgIpc) is 3.57. The zero-order valence-corrected chi connectivity index (χ0v) is 27.6. The van der Waals surface area contributed by atoms with Crippen molar-refractivity contribution in [3.05, 3.63) is 98.5 Å². The highest BCUT2D eigenvalue weighted by molar-refractivity contribution is 6.26. The van der Waals surface area contributed by atoms with Crippen LogP contribution in [-0.4, -0.2) is 100 Å². The number of imidazole rings is 1. The molecule has 2 amide bonds. The predicted molar refractivity (Wildman–Crippen MR) is 191 cm³/mol. The van der Waals surface area contributed by atoms with Crippen molar-refractivity contribution in [3.8, 4) is 5.75 Å². The van der Waals surface area contributed by atoms with Gasteiger partial charge in [-0.3, -0.25) is 33.8 Å². The van der Waals surface area contributed by atoms with Crippen LogP contribution >= 0.6 is 0 Å². The van der Waals surface area contributed by atoms with Crippen LogP contribution in [0, 0.1) is 10.1 Å². The number of carbonyl (C=O) groups is 2. The number of nitrogens with zero attached hydrogens (tertiary/aromatic N) is 6. The van der Waals surface area contributed by atoms with Gasteiger partial charge in [0.25, 0.3) is 17.5 Å². The van der Waals surface area contributed by atoms with Crippen molar-refractivity contribution in [1.29, 1.82) is 0 Å². The van der Waals surface area contributed by atoms with Crippen LogP contribution in [0.3, 0.4) is 0 Å². The number of benzene rings is 4. The Morgan fingerprint density at radius 1 is 0.840 bits per heavy atom. The van der Waals surface area contributed by atoms with E-state index in [4.69, 9.17) is 4.74 Å². The van der Waals surface area contributed by atoms with Crippen molar-refractivity contribution >= 4 is 61.3 Å². The van der Waals surface area contributed by atoms with E-state index < -0.39 is 16.7 Å². The number of fused-ring (bicyclic) bond motifs is 2. The molecule has 0 aliphatic carbocycles. The average molecular weight is 674 g/mol. The van der Waals surface area contributed by atoms with E-state index in [1.54, 1.807) is 37.7 Å². The summed E-state index contributed by atoms with van der Waals surface area (Å²) in [6.45, 7) is 6.30. The van der Waals surface area contributed by atoms with Crippen molar-refractivity contribution in [2.45, 2.75) is 12.8 Å². The third-order valence-corrected chi connectivity index (χ3v) is 10.1. The maximum Gasteiger partial charge on any atom is 0.277 e. The minimum Gasteiger partial charge on any atom is -0.497 e. The fourth-order valence-electron chi connectivity index (χ4n) is 7.54. The van der Waals surface area contributed by atoms with Gasteiger partial charge in [-0.25, -0.2) is 4.98 Å². The van der Waals surface area contributed by atoms with Crippen LogP contribution in [0.2, 0.25) is 0 Å². The van der Waals surface area contributed by atoms with E-state index in [0.29, 0.717) is 51.4 Å². The van der Waals surface area contributed by atoms with Gasteiger partial charge in [-0.15, -0.1) is 0 Å². The molecule has 8 rings (SSSR count). The lowest BCUT2D eigenvalue weighted by molar-refractivity contribution is -0.383. The van der Waals surface area contributed by atoms with E-state index in [0.717, 1.165) is 67.9 Å². The molecule has 1 N–H and O–H groups in total. The van der Waals surface area contributed by atoms with E-state index in [2.05, 4.69) is 20.1 Å². The van der Waals surface area contributed by atoms with E-state index in [9.17, 15) is 24.5 Å².